The molecule has 4 rings (SSSR count). The highest BCUT2D eigenvalue weighted by molar-refractivity contribution is 6.06. The lowest BCUT2D eigenvalue weighted by molar-refractivity contribution is 0.533. The van der Waals surface area contributed by atoms with Crippen LogP contribution in [0.3, 0.4) is 0 Å². The summed E-state index contributed by atoms with van der Waals surface area (Å²) in [6, 6.07) is 16.5. The smallest absolute Gasteiger partial charge is 0.220 e. The molecule has 0 aromatic heterocycles. The Morgan fingerprint density at radius 2 is 1.11 bits per heavy atom. The summed E-state index contributed by atoms with van der Waals surface area (Å²) in [7, 11) is 0. The van der Waals surface area contributed by atoms with E-state index in [-0.39, 0.29) is 36.7 Å². The molecule has 10 nitrogen and oxygen atoms in total. The number of rotatable bonds is 5. The van der Waals surface area contributed by atoms with Gasteiger partial charge in [-0.2, -0.15) is 9.98 Å². The van der Waals surface area contributed by atoms with Crippen molar-refractivity contribution in [2.24, 2.45) is 42.9 Å². The lowest BCUT2D eigenvalue weighted by Crippen LogP contribution is -2.54. The summed E-state index contributed by atoms with van der Waals surface area (Å²) in [6.07, 6.45) is 1.74. The number of guanidine groups is 4. The molecule has 2 aromatic carbocycles. The molecule has 0 fully saturated rings. The Morgan fingerprint density at radius 3 is 1.61 bits per heavy atom. The number of nitrogens with zero attached hydrogens (tertiary/aromatic N) is 6. The SMILES string of the molecule is CC1(C)N=C(N)N=C(N)N1c1ccc(CCc2cccc(N3C(N)=NC(N)=NC3(C)C)c2)cc1.Cl.Cl. The summed E-state index contributed by atoms with van der Waals surface area (Å²) in [6.45, 7) is 7.80. The Kier molecular flexibility index (Phi) is 8.49. The zero-order valence-electron chi connectivity index (χ0n) is 20.8. The van der Waals surface area contributed by atoms with E-state index in [1.165, 1.54) is 11.1 Å². The van der Waals surface area contributed by atoms with Crippen LogP contribution in [0.25, 0.3) is 0 Å². The minimum absolute atomic E-state index is 0. The predicted octanol–water partition coefficient (Wildman–Crippen LogP) is 2.69. The Labute approximate surface area is 224 Å². The Balaban J connectivity index is 0.00000228. The molecule has 0 unspecified atom stereocenters. The van der Waals surface area contributed by atoms with E-state index in [1.54, 1.807) is 0 Å². The maximum absolute atomic E-state index is 6.18. The van der Waals surface area contributed by atoms with Crippen LogP contribution in [0.15, 0.2) is 68.5 Å². The van der Waals surface area contributed by atoms with Crippen molar-refractivity contribution in [2.45, 2.75) is 51.9 Å². The molecule has 0 spiro atoms. The van der Waals surface area contributed by atoms with Crippen LogP contribution in [0.4, 0.5) is 11.4 Å². The summed E-state index contributed by atoms with van der Waals surface area (Å²) < 4.78 is 0. The molecule has 0 atom stereocenters. The largest absolute Gasteiger partial charge is 0.369 e. The van der Waals surface area contributed by atoms with Crippen molar-refractivity contribution in [1.29, 1.82) is 0 Å². The second-order valence-corrected chi connectivity index (χ2v) is 9.38. The molecule has 0 aliphatic carbocycles. The summed E-state index contributed by atoms with van der Waals surface area (Å²) in [5, 5.41) is 0. The first-order valence-corrected chi connectivity index (χ1v) is 11.1. The molecular weight excluding hydrogens is 499 g/mol. The van der Waals surface area contributed by atoms with Crippen molar-refractivity contribution < 1.29 is 0 Å². The van der Waals surface area contributed by atoms with Gasteiger partial charge in [-0.1, -0.05) is 24.3 Å². The van der Waals surface area contributed by atoms with Gasteiger partial charge >= 0.3 is 0 Å². The molecule has 0 saturated carbocycles. The Bertz CT molecular complexity index is 1220. The summed E-state index contributed by atoms with van der Waals surface area (Å²) in [4.78, 5) is 20.8. The van der Waals surface area contributed by atoms with Crippen LogP contribution in [-0.2, 0) is 12.8 Å². The van der Waals surface area contributed by atoms with E-state index in [1.807, 2.05) is 61.8 Å². The number of hydrogen-bond donors (Lipinski definition) is 4. The second kappa shape index (κ2) is 10.6. The van der Waals surface area contributed by atoms with Gasteiger partial charge in [-0.05, 0) is 75.9 Å². The van der Waals surface area contributed by atoms with Gasteiger partial charge in [0.2, 0.25) is 23.8 Å². The number of halogens is 2. The Morgan fingerprint density at radius 1 is 0.639 bits per heavy atom. The number of aryl methyl sites for hydroxylation is 2. The average molecular weight is 534 g/mol. The number of aliphatic imine (C=N–C) groups is 4. The topological polar surface area (TPSA) is 160 Å². The van der Waals surface area contributed by atoms with Crippen LogP contribution in [0.2, 0.25) is 0 Å². The van der Waals surface area contributed by atoms with Gasteiger partial charge in [0.15, 0.2) is 0 Å². The van der Waals surface area contributed by atoms with Gasteiger partial charge in [0.05, 0.1) is 0 Å². The van der Waals surface area contributed by atoms with E-state index < -0.39 is 11.3 Å². The number of nitrogens with two attached hydrogens (primary N) is 4. The fourth-order valence-electron chi connectivity index (χ4n) is 4.45. The van der Waals surface area contributed by atoms with Gasteiger partial charge in [0.1, 0.15) is 11.3 Å². The van der Waals surface area contributed by atoms with Crippen molar-refractivity contribution in [1.82, 2.24) is 0 Å². The molecule has 0 saturated heterocycles. The van der Waals surface area contributed by atoms with E-state index in [0.29, 0.717) is 11.9 Å². The lowest BCUT2D eigenvalue weighted by atomic mass is 10.0. The molecule has 36 heavy (non-hydrogen) atoms. The highest BCUT2D eigenvalue weighted by atomic mass is 35.5. The second-order valence-electron chi connectivity index (χ2n) is 9.38. The number of hydrogen-bond acceptors (Lipinski definition) is 10. The van der Waals surface area contributed by atoms with Crippen molar-refractivity contribution in [3.63, 3.8) is 0 Å². The quantitative estimate of drug-likeness (QED) is 0.462. The van der Waals surface area contributed by atoms with E-state index in [0.717, 1.165) is 24.2 Å². The maximum Gasteiger partial charge on any atom is 0.220 e. The highest BCUT2D eigenvalue weighted by Gasteiger charge is 2.34. The normalized spacial score (nSPS) is 18.1. The molecule has 0 amide bonds. The number of anilines is 2. The van der Waals surface area contributed by atoms with Gasteiger partial charge in [-0.25, -0.2) is 9.98 Å². The molecule has 2 aliphatic rings. The van der Waals surface area contributed by atoms with E-state index in [4.69, 9.17) is 22.9 Å². The van der Waals surface area contributed by atoms with Crippen LogP contribution >= 0.6 is 24.8 Å². The van der Waals surface area contributed by atoms with E-state index in [2.05, 4.69) is 44.2 Å². The third-order valence-corrected chi connectivity index (χ3v) is 5.85. The number of benzene rings is 2. The Hall–Kier alpha value is -3.50. The lowest BCUT2D eigenvalue weighted by Gasteiger charge is -2.38. The van der Waals surface area contributed by atoms with Gasteiger partial charge in [0.25, 0.3) is 0 Å². The summed E-state index contributed by atoms with van der Waals surface area (Å²) >= 11 is 0. The van der Waals surface area contributed by atoms with E-state index in [9.17, 15) is 0 Å². The maximum atomic E-state index is 6.18. The zero-order valence-corrected chi connectivity index (χ0v) is 22.5. The fourth-order valence-corrected chi connectivity index (χ4v) is 4.45. The first kappa shape index (κ1) is 28.7. The van der Waals surface area contributed by atoms with Gasteiger partial charge in [-0.15, -0.1) is 24.8 Å². The van der Waals surface area contributed by atoms with Crippen molar-refractivity contribution in [3.05, 3.63) is 59.7 Å². The molecule has 0 radical (unpaired) electrons. The minimum Gasteiger partial charge on any atom is -0.369 e. The first-order valence-electron chi connectivity index (χ1n) is 11.1. The molecular formula is C24H34Cl2N10. The fraction of sp³-hybridized carbons (Fsp3) is 0.333. The predicted molar refractivity (Wildman–Crippen MR) is 154 cm³/mol. The third-order valence-electron chi connectivity index (χ3n) is 5.85. The van der Waals surface area contributed by atoms with Gasteiger partial charge in [-0.3, -0.25) is 9.80 Å². The molecule has 0 bridgehead atoms. The monoisotopic (exact) mass is 532 g/mol. The van der Waals surface area contributed by atoms with Crippen LogP contribution in [0, 0.1) is 0 Å². The third kappa shape index (κ3) is 5.83. The van der Waals surface area contributed by atoms with Crippen LogP contribution < -0.4 is 32.7 Å². The molecule has 194 valence electrons. The average Bonchev–Trinajstić information content (AvgIpc) is 2.70. The van der Waals surface area contributed by atoms with E-state index >= 15 is 0 Å². The van der Waals surface area contributed by atoms with Crippen molar-refractivity contribution >= 4 is 60.0 Å². The zero-order chi connectivity index (χ0) is 24.7. The van der Waals surface area contributed by atoms with Crippen molar-refractivity contribution in [2.75, 3.05) is 9.80 Å². The molecule has 2 heterocycles. The highest BCUT2D eigenvalue weighted by Crippen LogP contribution is 2.29. The van der Waals surface area contributed by atoms with Crippen molar-refractivity contribution in [3.8, 4) is 0 Å². The molecule has 2 aliphatic heterocycles. The summed E-state index contributed by atoms with van der Waals surface area (Å²) in [5.74, 6) is 1.04. The van der Waals surface area contributed by atoms with Crippen LogP contribution in [-0.4, -0.2) is 35.2 Å². The van der Waals surface area contributed by atoms with Gasteiger partial charge < -0.3 is 22.9 Å². The van der Waals surface area contributed by atoms with Crippen LogP contribution in [0.1, 0.15) is 38.8 Å². The molecule has 2 aromatic rings. The summed E-state index contributed by atoms with van der Waals surface area (Å²) in [5.41, 5.74) is 26.9. The van der Waals surface area contributed by atoms with Gasteiger partial charge in [0, 0.05) is 11.4 Å². The standard InChI is InChI=1S/C24H32N10.2ClH/c1-23(2)31-19(25)29-21(27)33(23)17-12-10-15(11-13-17)8-9-16-6-5-7-18(14-16)34-22(28)30-20(26)32-24(34,3)4;;/h5-7,10-14H,8-9H2,1-4H3,(H4,25,27,29,31)(H4,26,28,30,32);2*1H. The molecule has 12 heteroatoms. The molecule has 8 N–H and O–H groups in total. The van der Waals surface area contributed by atoms with Crippen LogP contribution in [0.5, 0.6) is 0 Å². The first-order chi connectivity index (χ1) is 16.0. The minimum atomic E-state index is -0.619.